The highest BCUT2D eigenvalue weighted by Gasteiger charge is 2.44. The first-order valence-corrected chi connectivity index (χ1v) is 13.6. The summed E-state index contributed by atoms with van der Waals surface area (Å²) in [6.07, 6.45) is 6.54. The number of aryl methyl sites for hydroxylation is 1. The molecule has 8 nitrogen and oxygen atoms in total. The molecule has 1 saturated heterocycles. The highest BCUT2D eigenvalue weighted by atomic mass is 19.1. The molecule has 38 heavy (non-hydrogen) atoms. The standard InChI is InChI=1S/C29H33FN4O4/c1-2-20-21(30)8-7-18-13-19(36)14-23(24(18)20)34-15-22-25(27(34)37)26(33-11-5-3-4-6-12-33)32-28(31-22)38-17-29(16-35)9-10-29/h7-8,13-14,35-36H,2-6,9-12,15-17H2,1H3. The number of aliphatic hydroxyl groups excluding tert-OH is 1. The number of hydrogen-bond acceptors (Lipinski definition) is 7. The van der Waals surface area contributed by atoms with Gasteiger partial charge in [0.25, 0.3) is 5.91 Å². The molecule has 3 heterocycles. The number of carbonyl (C=O) groups excluding carboxylic acids is 1. The first-order chi connectivity index (χ1) is 18.4. The van der Waals surface area contributed by atoms with Crippen LogP contribution in [0.15, 0.2) is 24.3 Å². The zero-order chi connectivity index (χ0) is 26.4. The van der Waals surface area contributed by atoms with Crippen LogP contribution in [0.4, 0.5) is 15.9 Å². The molecule has 9 heteroatoms. The first-order valence-electron chi connectivity index (χ1n) is 13.6. The van der Waals surface area contributed by atoms with Gasteiger partial charge in [-0.2, -0.15) is 9.97 Å². The van der Waals surface area contributed by atoms with Gasteiger partial charge in [0.05, 0.1) is 31.1 Å². The predicted molar refractivity (Wildman–Crippen MR) is 142 cm³/mol. The molecule has 3 aromatic rings. The average molecular weight is 521 g/mol. The molecule has 3 aliphatic rings. The number of phenols is 1. The molecule has 1 saturated carbocycles. The monoisotopic (exact) mass is 520 g/mol. The fourth-order valence-electron chi connectivity index (χ4n) is 5.71. The van der Waals surface area contributed by atoms with E-state index in [1.165, 1.54) is 12.1 Å². The van der Waals surface area contributed by atoms with Crippen LogP contribution >= 0.6 is 0 Å². The Hall–Kier alpha value is -3.46. The van der Waals surface area contributed by atoms with Crippen molar-refractivity contribution in [1.82, 2.24) is 9.97 Å². The molecule has 0 radical (unpaired) electrons. The zero-order valence-electron chi connectivity index (χ0n) is 21.7. The number of aromatic hydroxyl groups is 1. The van der Waals surface area contributed by atoms with Gasteiger partial charge >= 0.3 is 6.01 Å². The Kier molecular flexibility index (Phi) is 6.34. The van der Waals surface area contributed by atoms with Crippen LogP contribution < -0.4 is 14.5 Å². The summed E-state index contributed by atoms with van der Waals surface area (Å²) in [6, 6.07) is 6.35. The van der Waals surface area contributed by atoms with E-state index < -0.39 is 0 Å². The lowest BCUT2D eigenvalue weighted by molar-refractivity contribution is 0.0997. The second-order valence-electron chi connectivity index (χ2n) is 10.8. The molecule has 1 aromatic heterocycles. The van der Waals surface area contributed by atoms with Crippen molar-refractivity contribution in [1.29, 1.82) is 0 Å². The molecule has 6 rings (SSSR count). The lowest BCUT2D eigenvalue weighted by Crippen LogP contribution is -2.29. The van der Waals surface area contributed by atoms with E-state index in [0.717, 1.165) is 51.6 Å². The van der Waals surface area contributed by atoms with E-state index in [9.17, 15) is 19.4 Å². The molecule has 0 atom stereocenters. The third kappa shape index (κ3) is 4.32. The maximum atomic E-state index is 14.8. The Bertz CT molecular complexity index is 1400. The Morgan fingerprint density at radius 1 is 1.11 bits per heavy atom. The Balaban J connectivity index is 1.44. The largest absolute Gasteiger partial charge is 0.508 e. The molecule has 0 bridgehead atoms. The van der Waals surface area contributed by atoms with Crippen molar-refractivity contribution in [2.24, 2.45) is 5.41 Å². The molecular formula is C29H33FN4O4. The molecule has 0 unspecified atom stereocenters. The van der Waals surface area contributed by atoms with Gasteiger partial charge in [0.15, 0.2) is 0 Å². The van der Waals surface area contributed by atoms with E-state index in [4.69, 9.17) is 9.72 Å². The van der Waals surface area contributed by atoms with Crippen molar-refractivity contribution in [3.63, 3.8) is 0 Å². The molecular weight excluding hydrogens is 487 g/mol. The summed E-state index contributed by atoms with van der Waals surface area (Å²) >= 11 is 0. The number of fused-ring (bicyclic) bond motifs is 2. The Labute approximate surface area is 221 Å². The minimum atomic E-state index is -0.338. The number of carbonyl (C=O) groups is 1. The van der Waals surface area contributed by atoms with Gasteiger partial charge in [-0.1, -0.05) is 25.8 Å². The van der Waals surface area contributed by atoms with Gasteiger partial charge in [-0.3, -0.25) is 4.79 Å². The predicted octanol–water partition coefficient (Wildman–Crippen LogP) is 4.73. The highest BCUT2D eigenvalue weighted by Crippen LogP contribution is 2.45. The van der Waals surface area contributed by atoms with Crippen LogP contribution in [0.2, 0.25) is 0 Å². The van der Waals surface area contributed by atoms with Gasteiger partial charge in [-0.05, 0) is 55.2 Å². The van der Waals surface area contributed by atoms with E-state index in [1.807, 2.05) is 6.92 Å². The number of amides is 1. The summed E-state index contributed by atoms with van der Waals surface area (Å²) in [5.41, 5.74) is 1.73. The normalized spacial score (nSPS) is 18.6. The smallest absolute Gasteiger partial charge is 0.318 e. The van der Waals surface area contributed by atoms with Gasteiger partial charge in [0.1, 0.15) is 22.9 Å². The summed E-state index contributed by atoms with van der Waals surface area (Å²) in [5.74, 6) is -0.0288. The summed E-state index contributed by atoms with van der Waals surface area (Å²) in [4.78, 5) is 27.1. The van der Waals surface area contributed by atoms with Crippen molar-refractivity contribution in [3.05, 3.63) is 46.9 Å². The fraction of sp³-hybridized carbons (Fsp3) is 0.483. The van der Waals surface area contributed by atoms with E-state index >= 15 is 0 Å². The van der Waals surface area contributed by atoms with Gasteiger partial charge in [-0.15, -0.1) is 0 Å². The third-order valence-corrected chi connectivity index (χ3v) is 8.19. The lowest BCUT2D eigenvalue weighted by atomic mass is 9.99. The van der Waals surface area contributed by atoms with Crippen molar-refractivity contribution >= 4 is 28.2 Å². The summed E-state index contributed by atoms with van der Waals surface area (Å²) in [7, 11) is 0. The minimum Gasteiger partial charge on any atom is -0.508 e. The van der Waals surface area contributed by atoms with Gasteiger partial charge in [0, 0.05) is 30.0 Å². The number of rotatable bonds is 7. The van der Waals surface area contributed by atoms with E-state index in [1.54, 1.807) is 17.0 Å². The number of hydrogen-bond donors (Lipinski definition) is 2. The number of aliphatic hydroxyl groups is 1. The minimum absolute atomic E-state index is 0.00602. The average Bonchev–Trinajstić information content (AvgIpc) is 3.69. The topological polar surface area (TPSA) is 99.0 Å². The van der Waals surface area contributed by atoms with Gasteiger partial charge in [0.2, 0.25) is 0 Å². The van der Waals surface area contributed by atoms with E-state index in [-0.39, 0.29) is 42.1 Å². The molecule has 0 spiro atoms. The van der Waals surface area contributed by atoms with Gasteiger partial charge < -0.3 is 24.7 Å². The zero-order valence-corrected chi connectivity index (χ0v) is 21.7. The maximum absolute atomic E-state index is 14.8. The maximum Gasteiger partial charge on any atom is 0.318 e. The number of nitrogens with zero attached hydrogens (tertiary/aromatic N) is 4. The number of benzene rings is 2. The lowest BCUT2D eigenvalue weighted by Gasteiger charge is -2.24. The van der Waals surface area contributed by atoms with Gasteiger partial charge in [-0.25, -0.2) is 4.39 Å². The number of anilines is 2. The summed E-state index contributed by atoms with van der Waals surface area (Å²) < 4.78 is 20.8. The Morgan fingerprint density at radius 3 is 2.55 bits per heavy atom. The molecule has 1 amide bonds. The Morgan fingerprint density at radius 2 is 1.87 bits per heavy atom. The number of aromatic nitrogens is 2. The van der Waals surface area contributed by atoms with Crippen molar-refractivity contribution in [2.75, 3.05) is 36.1 Å². The van der Waals surface area contributed by atoms with Crippen molar-refractivity contribution in [3.8, 4) is 11.8 Å². The van der Waals surface area contributed by atoms with E-state index in [0.29, 0.717) is 52.1 Å². The summed E-state index contributed by atoms with van der Waals surface area (Å²) in [6.45, 7) is 4.01. The van der Waals surface area contributed by atoms with Crippen LogP contribution in [0.3, 0.4) is 0 Å². The van der Waals surface area contributed by atoms with Crippen LogP contribution in [-0.2, 0) is 13.0 Å². The highest BCUT2D eigenvalue weighted by molar-refractivity contribution is 6.16. The van der Waals surface area contributed by atoms with Crippen LogP contribution in [0, 0.1) is 11.2 Å². The van der Waals surface area contributed by atoms with Crippen molar-refractivity contribution in [2.45, 2.75) is 58.4 Å². The molecule has 2 fully saturated rings. The third-order valence-electron chi connectivity index (χ3n) is 8.19. The molecule has 200 valence electrons. The quantitative estimate of drug-likeness (QED) is 0.465. The van der Waals surface area contributed by atoms with Crippen LogP contribution in [-0.4, -0.2) is 52.4 Å². The SMILES string of the molecule is CCc1c(F)ccc2cc(O)cc(N3Cc4nc(OCC5(CO)CC5)nc(N5CCCCCC5)c4C3=O)c12. The van der Waals surface area contributed by atoms with Crippen LogP contribution in [0.5, 0.6) is 11.8 Å². The summed E-state index contributed by atoms with van der Waals surface area (Å²) in [5, 5.41) is 21.5. The first kappa shape index (κ1) is 24.9. The van der Waals surface area contributed by atoms with Crippen LogP contribution in [0.1, 0.15) is 67.1 Å². The molecule has 2 aromatic carbocycles. The fourth-order valence-corrected chi connectivity index (χ4v) is 5.71. The molecule has 2 aliphatic heterocycles. The van der Waals surface area contributed by atoms with E-state index in [2.05, 4.69) is 9.88 Å². The second kappa shape index (κ2) is 9.69. The second-order valence-corrected chi connectivity index (χ2v) is 10.8. The number of halogens is 1. The van der Waals surface area contributed by atoms with Crippen LogP contribution in [0.25, 0.3) is 10.8 Å². The number of ether oxygens (including phenoxy) is 1. The van der Waals surface area contributed by atoms with Crippen molar-refractivity contribution < 1.29 is 24.1 Å². The molecule has 2 N–H and O–H groups in total. The number of phenolic OH excluding ortho intramolecular Hbond substituents is 1. The molecule has 1 aliphatic carbocycles.